The molecule has 0 spiro atoms. The molecule has 1 aliphatic carbocycles. The van der Waals surface area contributed by atoms with Crippen molar-refractivity contribution >= 4 is 22.7 Å². The van der Waals surface area contributed by atoms with Crippen molar-refractivity contribution in [1.82, 2.24) is 4.98 Å². The van der Waals surface area contributed by atoms with E-state index < -0.39 is 6.10 Å². The first-order chi connectivity index (χ1) is 13.1. The quantitative estimate of drug-likeness (QED) is 0.676. The fraction of sp³-hybridized carbons (Fsp3) is 0.333. The average Bonchev–Trinajstić information content (AvgIpc) is 3.45. The lowest BCUT2D eigenvalue weighted by Crippen LogP contribution is -2.27. The van der Waals surface area contributed by atoms with Gasteiger partial charge in [-0.3, -0.25) is 4.79 Å². The molecule has 3 aromatic rings. The molecule has 140 valence electrons. The number of benzene rings is 2. The van der Waals surface area contributed by atoms with Gasteiger partial charge < -0.3 is 19.2 Å². The Hall–Kier alpha value is -2.86. The Bertz CT molecular complexity index is 962. The lowest BCUT2D eigenvalue weighted by atomic mass is 10.2. The van der Waals surface area contributed by atoms with Crippen molar-refractivity contribution < 1.29 is 18.7 Å². The van der Waals surface area contributed by atoms with Gasteiger partial charge in [0.1, 0.15) is 17.4 Å². The van der Waals surface area contributed by atoms with E-state index in [1.54, 1.807) is 14.0 Å². The molecule has 1 aromatic heterocycles. The minimum absolute atomic E-state index is 0.205. The molecule has 27 heavy (non-hydrogen) atoms. The number of aromatic nitrogens is 1. The SMILES string of the molecule is COc1cccc(CO[C@H](C)C(=O)Nc2ccc3oc(C4CC4)nc3c2)c1. The Kier molecular flexibility index (Phi) is 4.81. The number of ether oxygens (including phenoxy) is 2. The summed E-state index contributed by atoms with van der Waals surface area (Å²) in [7, 11) is 1.62. The van der Waals surface area contributed by atoms with Crippen LogP contribution < -0.4 is 10.1 Å². The van der Waals surface area contributed by atoms with Crippen LogP contribution in [0.15, 0.2) is 46.9 Å². The summed E-state index contributed by atoms with van der Waals surface area (Å²) >= 11 is 0. The van der Waals surface area contributed by atoms with Gasteiger partial charge in [-0.1, -0.05) is 12.1 Å². The molecule has 0 bridgehead atoms. The van der Waals surface area contributed by atoms with Gasteiger partial charge in [0.2, 0.25) is 0 Å². The molecular weight excluding hydrogens is 344 g/mol. The maximum Gasteiger partial charge on any atom is 0.253 e. The zero-order valence-electron chi connectivity index (χ0n) is 15.4. The summed E-state index contributed by atoms with van der Waals surface area (Å²) in [6.45, 7) is 2.06. The average molecular weight is 366 g/mol. The maximum absolute atomic E-state index is 12.4. The number of methoxy groups -OCH3 is 1. The fourth-order valence-electron chi connectivity index (χ4n) is 2.83. The summed E-state index contributed by atoms with van der Waals surface area (Å²) in [5, 5.41) is 2.88. The third-order valence-corrected chi connectivity index (χ3v) is 4.60. The van der Waals surface area contributed by atoms with Gasteiger partial charge in [-0.15, -0.1) is 0 Å². The first kappa shape index (κ1) is 17.5. The van der Waals surface area contributed by atoms with Gasteiger partial charge in [0.05, 0.1) is 13.7 Å². The van der Waals surface area contributed by atoms with Crippen LogP contribution in [-0.2, 0) is 16.1 Å². The third-order valence-electron chi connectivity index (χ3n) is 4.60. The summed E-state index contributed by atoms with van der Waals surface area (Å²) in [6.07, 6.45) is 1.68. The van der Waals surface area contributed by atoms with Crippen molar-refractivity contribution in [2.24, 2.45) is 0 Å². The second-order valence-electron chi connectivity index (χ2n) is 6.80. The maximum atomic E-state index is 12.4. The molecule has 0 saturated heterocycles. The number of oxazole rings is 1. The smallest absolute Gasteiger partial charge is 0.253 e. The Morgan fingerprint density at radius 2 is 2.15 bits per heavy atom. The topological polar surface area (TPSA) is 73.6 Å². The molecule has 0 radical (unpaired) electrons. The van der Waals surface area contributed by atoms with E-state index in [1.807, 2.05) is 42.5 Å². The number of carbonyl (C=O) groups excluding carboxylic acids is 1. The van der Waals surface area contributed by atoms with Crippen LogP contribution >= 0.6 is 0 Å². The Balaban J connectivity index is 1.36. The molecule has 1 aliphatic rings. The van der Waals surface area contributed by atoms with Crippen LogP contribution in [0.3, 0.4) is 0 Å². The molecule has 0 unspecified atom stereocenters. The highest BCUT2D eigenvalue weighted by atomic mass is 16.5. The summed E-state index contributed by atoms with van der Waals surface area (Å²) in [5.41, 5.74) is 3.14. The monoisotopic (exact) mass is 366 g/mol. The summed E-state index contributed by atoms with van der Waals surface area (Å²) in [4.78, 5) is 16.9. The molecule has 2 aromatic carbocycles. The van der Waals surface area contributed by atoms with E-state index in [4.69, 9.17) is 13.9 Å². The van der Waals surface area contributed by atoms with Crippen molar-refractivity contribution in [1.29, 1.82) is 0 Å². The number of fused-ring (bicyclic) bond motifs is 1. The molecule has 4 rings (SSSR count). The number of hydrogen-bond donors (Lipinski definition) is 1. The number of nitrogens with one attached hydrogen (secondary N) is 1. The van der Waals surface area contributed by atoms with Gasteiger partial charge >= 0.3 is 0 Å². The van der Waals surface area contributed by atoms with Crippen molar-refractivity contribution in [2.45, 2.75) is 38.4 Å². The van der Waals surface area contributed by atoms with Crippen LogP contribution in [0.2, 0.25) is 0 Å². The number of amides is 1. The second-order valence-corrected chi connectivity index (χ2v) is 6.80. The van der Waals surface area contributed by atoms with E-state index in [2.05, 4.69) is 10.3 Å². The third kappa shape index (κ3) is 4.11. The van der Waals surface area contributed by atoms with Gasteiger partial charge in [-0.2, -0.15) is 0 Å². The van der Waals surface area contributed by atoms with E-state index in [0.29, 0.717) is 18.2 Å². The van der Waals surface area contributed by atoms with Gasteiger partial charge in [-0.05, 0) is 55.7 Å². The summed E-state index contributed by atoms with van der Waals surface area (Å²) < 4.78 is 16.6. The van der Waals surface area contributed by atoms with Crippen molar-refractivity contribution in [3.63, 3.8) is 0 Å². The van der Waals surface area contributed by atoms with Gasteiger partial charge in [-0.25, -0.2) is 4.98 Å². The van der Waals surface area contributed by atoms with Crippen LogP contribution in [-0.4, -0.2) is 24.1 Å². The van der Waals surface area contributed by atoms with Gasteiger partial charge in [0.25, 0.3) is 5.91 Å². The molecule has 1 amide bonds. The lowest BCUT2D eigenvalue weighted by molar-refractivity contribution is -0.127. The summed E-state index contributed by atoms with van der Waals surface area (Å²) in [6, 6.07) is 13.1. The highest BCUT2D eigenvalue weighted by Crippen LogP contribution is 2.40. The molecule has 6 nitrogen and oxygen atoms in total. The predicted octanol–water partition coefficient (Wildman–Crippen LogP) is 4.26. The Morgan fingerprint density at radius 1 is 1.30 bits per heavy atom. The minimum Gasteiger partial charge on any atom is -0.497 e. The first-order valence-electron chi connectivity index (χ1n) is 9.08. The van der Waals surface area contributed by atoms with Gasteiger partial charge in [0.15, 0.2) is 11.5 Å². The molecule has 1 saturated carbocycles. The second kappa shape index (κ2) is 7.40. The Morgan fingerprint density at radius 3 is 2.93 bits per heavy atom. The molecule has 0 aliphatic heterocycles. The van der Waals surface area contributed by atoms with Crippen LogP contribution in [0, 0.1) is 0 Å². The Labute approximate surface area is 157 Å². The van der Waals surface area contributed by atoms with E-state index in [-0.39, 0.29) is 5.91 Å². The minimum atomic E-state index is -0.591. The van der Waals surface area contributed by atoms with Crippen molar-refractivity contribution in [3.8, 4) is 5.75 Å². The van der Waals surface area contributed by atoms with Crippen LogP contribution in [0.25, 0.3) is 11.1 Å². The van der Waals surface area contributed by atoms with Crippen LogP contribution in [0.5, 0.6) is 5.75 Å². The number of anilines is 1. The molecule has 1 atom stereocenters. The highest BCUT2D eigenvalue weighted by Gasteiger charge is 2.29. The van der Waals surface area contributed by atoms with E-state index in [0.717, 1.165) is 41.1 Å². The number of nitrogens with zero attached hydrogens (tertiary/aromatic N) is 1. The standard InChI is InChI=1S/C21H22N2O4/c1-13(26-12-14-4-3-5-17(10-14)25-2)20(24)22-16-8-9-19-18(11-16)23-21(27-19)15-6-7-15/h3-5,8-11,13,15H,6-7,12H2,1-2H3,(H,22,24)/t13-/m1/s1. The first-order valence-corrected chi connectivity index (χ1v) is 9.08. The predicted molar refractivity (Wildman–Crippen MR) is 102 cm³/mol. The van der Waals surface area contributed by atoms with E-state index in [1.165, 1.54) is 0 Å². The fourth-order valence-corrected chi connectivity index (χ4v) is 2.83. The normalized spacial score (nSPS) is 14.9. The zero-order chi connectivity index (χ0) is 18.8. The molecular formula is C21H22N2O4. The largest absolute Gasteiger partial charge is 0.497 e. The zero-order valence-corrected chi connectivity index (χ0v) is 15.4. The highest BCUT2D eigenvalue weighted by molar-refractivity contribution is 5.95. The molecule has 1 fully saturated rings. The van der Waals surface area contributed by atoms with E-state index >= 15 is 0 Å². The van der Waals surface area contributed by atoms with E-state index in [9.17, 15) is 4.79 Å². The van der Waals surface area contributed by atoms with Crippen LogP contribution in [0.4, 0.5) is 5.69 Å². The summed E-state index contributed by atoms with van der Waals surface area (Å²) in [5.74, 6) is 1.81. The number of carbonyl (C=O) groups is 1. The lowest BCUT2D eigenvalue weighted by Gasteiger charge is -2.14. The van der Waals surface area contributed by atoms with Crippen molar-refractivity contribution in [3.05, 3.63) is 53.9 Å². The van der Waals surface area contributed by atoms with Crippen LogP contribution in [0.1, 0.15) is 37.1 Å². The molecule has 1 heterocycles. The van der Waals surface area contributed by atoms with Crippen molar-refractivity contribution in [2.75, 3.05) is 12.4 Å². The van der Waals surface area contributed by atoms with Gasteiger partial charge in [0, 0.05) is 11.6 Å². The molecule has 6 heteroatoms. The number of hydrogen-bond acceptors (Lipinski definition) is 5. The molecule has 1 N–H and O–H groups in total. The number of rotatable bonds is 7.